The third kappa shape index (κ3) is 10.6. The topological polar surface area (TPSA) is 26.0 Å². The standard InChI is InChI=1S/C16H33N/c1-5-14(2)8-6-9-15(3)10-7-11-16(4)12-13-17/h12,14-15H,5-11,13,17H2,1-4H3/b16-12+. The van der Waals surface area contributed by atoms with Crippen LogP contribution in [0.2, 0.25) is 0 Å². The van der Waals surface area contributed by atoms with Gasteiger partial charge in [-0.3, -0.25) is 0 Å². The highest BCUT2D eigenvalue weighted by Crippen LogP contribution is 2.19. The van der Waals surface area contributed by atoms with E-state index < -0.39 is 0 Å². The fourth-order valence-corrected chi connectivity index (χ4v) is 2.20. The quantitative estimate of drug-likeness (QED) is 0.538. The van der Waals surface area contributed by atoms with Crippen LogP contribution in [0.5, 0.6) is 0 Å². The molecule has 102 valence electrons. The van der Waals surface area contributed by atoms with E-state index in [1.165, 1.54) is 50.5 Å². The molecular weight excluding hydrogens is 206 g/mol. The molecule has 0 rings (SSSR count). The number of allylic oxidation sites excluding steroid dienone is 1. The highest BCUT2D eigenvalue weighted by molar-refractivity contribution is 4.98. The molecule has 0 aromatic carbocycles. The summed E-state index contributed by atoms with van der Waals surface area (Å²) in [5.41, 5.74) is 6.95. The maximum absolute atomic E-state index is 5.49. The second-order valence-corrected chi connectivity index (χ2v) is 5.73. The lowest BCUT2D eigenvalue weighted by molar-refractivity contribution is 0.412. The first kappa shape index (κ1) is 16.7. The molecule has 0 spiro atoms. The monoisotopic (exact) mass is 239 g/mol. The molecule has 0 heterocycles. The van der Waals surface area contributed by atoms with Crippen molar-refractivity contribution in [2.24, 2.45) is 17.6 Å². The van der Waals surface area contributed by atoms with Crippen molar-refractivity contribution in [1.29, 1.82) is 0 Å². The molecule has 0 aromatic heterocycles. The van der Waals surface area contributed by atoms with Crippen LogP contribution >= 0.6 is 0 Å². The molecule has 0 aliphatic rings. The Morgan fingerprint density at radius 1 is 1.06 bits per heavy atom. The van der Waals surface area contributed by atoms with Crippen LogP contribution in [0.25, 0.3) is 0 Å². The summed E-state index contributed by atoms with van der Waals surface area (Å²) in [5, 5.41) is 0. The van der Waals surface area contributed by atoms with Crippen LogP contribution in [0.4, 0.5) is 0 Å². The van der Waals surface area contributed by atoms with E-state index in [1.807, 2.05) is 0 Å². The predicted octanol–water partition coefficient (Wildman–Crippen LogP) is 4.91. The Hall–Kier alpha value is -0.300. The molecule has 0 saturated carbocycles. The summed E-state index contributed by atoms with van der Waals surface area (Å²) >= 11 is 0. The molecule has 0 radical (unpaired) electrons. The van der Waals surface area contributed by atoms with Gasteiger partial charge in [-0.2, -0.15) is 0 Å². The van der Waals surface area contributed by atoms with Crippen LogP contribution in [-0.2, 0) is 0 Å². The van der Waals surface area contributed by atoms with Crippen molar-refractivity contribution in [1.82, 2.24) is 0 Å². The molecule has 0 aliphatic heterocycles. The lowest BCUT2D eigenvalue weighted by Gasteiger charge is -2.13. The van der Waals surface area contributed by atoms with E-state index in [-0.39, 0.29) is 0 Å². The van der Waals surface area contributed by atoms with Crippen molar-refractivity contribution >= 4 is 0 Å². The summed E-state index contributed by atoms with van der Waals surface area (Å²) in [6.07, 6.45) is 11.6. The van der Waals surface area contributed by atoms with Crippen LogP contribution in [0.3, 0.4) is 0 Å². The minimum absolute atomic E-state index is 0.691. The Balaban J connectivity index is 3.46. The van der Waals surface area contributed by atoms with Crippen molar-refractivity contribution < 1.29 is 0 Å². The maximum atomic E-state index is 5.49. The third-order valence-corrected chi connectivity index (χ3v) is 3.83. The molecule has 0 amide bonds. The van der Waals surface area contributed by atoms with E-state index in [2.05, 4.69) is 33.8 Å². The molecule has 2 unspecified atom stereocenters. The molecule has 2 N–H and O–H groups in total. The van der Waals surface area contributed by atoms with Gasteiger partial charge in [0, 0.05) is 6.54 Å². The Labute approximate surface area is 109 Å². The molecule has 2 atom stereocenters. The van der Waals surface area contributed by atoms with Gasteiger partial charge in [0.15, 0.2) is 0 Å². The zero-order chi connectivity index (χ0) is 13.1. The van der Waals surface area contributed by atoms with Gasteiger partial charge in [0.2, 0.25) is 0 Å². The molecule has 0 aromatic rings. The minimum atomic E-state index is 0.691. The second-order valence-electron chi connectivity index (χ2n) is 5.73. The lowest BCUT2D eigenvalue weighted by atomic mass is 9.93. The average molecular weight is 239 g/mol. The second kappa shape index (κ2) is 10.8. The summed E-state index contributed by atoms with van der Waals surface area (Å²) in [5.74, 6) is 1.81. The van der Waals surface area contributed by atoms with Crippen LogP contribution in [0.15, 0.2) is 11.6 Å². The van der Waals surface area contributed by atoms with E-state index in [4.69, 9.17) is 5.73 Å². The largest absolute Gasteiger partial charge is 0.327 e. The van der Waals surface area contributed by atoms with Gasteiger partial charge in [-0.25, -0.2) is 0 Å². The number of hydrogen-bond acceptors (Lipinski definition) is 1. The van der Waals surface area contributed by atoms with E-state index in [1.54, 1.807) is 0 Å². The molecule has 0 aliphatic carbocycles. The van der Waals surface area contributed by atoms with Gasteiger partial charge in [0.25, 0.3) is 0 Å². The van der Waals surface area contributed by atoms with Gasteiger partial charge >= 0.3 is 0 Å². The lowest BCUT2D eigenvalue weighted by Crippen LogP contribution is -1.99. The number of hydrogen-bond donors (Lipinski definition) is 1. The highest BCUT2D eigenvalue weighted by atomic mass is 14.5. The smallest absolute Gasteiger partial charge is 0.0109 e. The van der Waals surface area contributed by atoms with E-state index in [9.17, 15) is 0 Å². The molecule has 0 fully saturated rings. The van der Waals surface area contributed by atoms with Gasteiger partial charge in [-0.05, 0) is 31.6 Å². The van der Waals surface area contributed by atoms with E-state index >= 15 is 0 Å². The summed E-state index contributed by atoms with van der Waals surface area (Å²) in [6.45, 7) is 9.95. The number of rotatable bonds is 10. The zero-order valence-corrected chi connectivity index (χ0v) is 12.5. The first-order valence-corrected chi connectivity index (χ1v) is 7.45. The Morgan fingerprint density at radius 2 is 1.65 bits per heavy atom. The van der Waals surface area contributed by atoms with Crippen molar-refractivity contribution in [2.75, 3.05) is 6.54 Å². The van der Waals surface area contributed by atoms with Gasteiger partial charge in [0.05, 0.1) is 0 Å². The fourth-order valence-electron chi connectivity index (χ4n) is 2.20. The molecule has 17 heavy (non-hydrogen) atoms. The Bertz CT molecular complexity index is 196. The Morgan fingerprint density at radius 3 is 2.24 bits per heavy atom. The first-order chi connectivity index (χ1) is 8.10. The summed E-state index contributed by atoms with van der Waals surface area (Å²) in [4.78, 5) is 0. The summed E-state index contributed by atoms with van der Waals surface area (Å²) in [6, 6.07) is 0. The summed E-state index contributed by atoms with van der Waals surface area (Å²) < 4.78 is 0. The van der Waals surface area contributed by atoms with Crippen LogP contribution in [-0.4, -0.2) is 6.54 Å². The van der Waals surface area contributed by atoms with Crippen LogP contribution < -0.4 is 5.73 Å². The van der Waals surface area contributed by atoms with Crippen LogP contribution in [0.1, 0.15) is 72.6 Å². The van der Waals surface area contributed by atoms with Crippen molar-refractivity contribution in [2.45, 2.75) is 72.6 Å². The predicted molar refractivity (Wildman–Crippen MR) is 79.1 cm³/mol. The van der Waals surface area contributed by atoms with Crippen molar-refractivity contribution in [3.05, 3.63) is 11.6 Å². The molecule has 1 nitrogen and oxygen atoms in total. The molecule has 0 bridgehead atoms. The molecule has 1 heteroatoms. The van der Waals surface area contributed by atoms with Gasteiger partial charge in [0.1, 0.15) is 0 Å². The fraction of sp³-hybridized carbons (Fsp3) is 0.875. The van der Waals surface area contributed by atoms with Crippen LogP contribution in [0, 0.1) is 11.8 Å². The minimum Gasteiger partial charge on any atom is -0.327 e. The van der Waals surface area contributed by atoms with Gasteiger partial charge < -0.3 is 5.73 Å². The van der Waals surface area contributed by atoms with Gasteiger partial charge in [-0.15, -0.1) is 0 Å². The first-order valence-electron chi connectivity index (χ1n) is 7.45. The maximum Gasteiger partial charge on any atom is 0.0109 e. The van der Waals surface area contributed by atoms with E-state index in [0.29, 0.717) is 6.54 Å². The van der Waals surface area contributed by atoms with Crippen molar-refractivity contribution in [3.63, 3.8) is 0 Å². The molecular formula is C16H33N. The normalized spacial score (nSPS) is 15.9. The van der Waals surface area contributed by atoms with Gasteiger partial charge in [-0.1, -0.05) is 64.5 Å². The summed E-state index contributed by atoms with van der Waals surface area (Å²) in [7, 11) is 0. The zero-order valence-electron chi connectivity index (χ0n) is 12.5. The highest BCUT2D eigenvalue weighted by Gasteiger charge is 2.04. The number of nitrogens with two attached hydrogens (primary N) is 1. The van der Waals surface area contributed by atoms with Crippen molar-refractivity contribution in [3.8, 4) is 0 Å². The Kier molecular flexibility index (Phi) is 10.6. The third-order valence-electron chi connectivity index (χ3n) is 3.83. The van der Waals surface area contributed by atoms with E-state index in [0.717, 1.165) is 11.8 Å². The molecule has 0 saturated heterocycles. The average Bonchev–Trinajstić information content (AvgIpc) is 2.29. The SMILES string of the molecule is CCC(C)CCCC(C)CCC/C(C)=C/CN.